The molecule has 5 nitrogen and oxygen atoms in total. The lowest BCUT2D eigenvalue weighted by atomic mass is 9.75. The van der Waals surface area contributed by atoms with Crippen LogP contribution in [0.1, 0.15) is 30.0 Å². The van der Waals surface area contributed by atoms with Gasteiger partial charge in [-0.15, -0.1) is 0 Å². The van der Waals surface area contributed by atoms with Gasteiger partial charge < -0.3 is 10.6 Å². The van der Waals surface area contributed by atoms with Gasteiger partial charge in [0.05, 0.1) is 0 Å². The molecule has 4 fully saturated rings. The van der Waals surface area contributed by atoms with Crippen LogP contribution in [0.2, 0.25) is 0 Å². The average Bonchev–Trinajstić information content (AvgIpc) is 3.04. The number of nitrogens with zero attached hydrogens (tertiary/aromatic N) is 4. The van der Waals surface area contributed by atoms with E-state index in [1.165, 1.54) is 12.1 Å². The number of fused-ring (bicyclic) bond motifs is 2. The minimum absolute atomic E-state index is 0.0415. The molecule has 2 N–H and O–H groups in total. The largest absolute Gasteiger partial charge is 0.368 e. The maximum atomic E-state index is 13.9. The molecule has 0 amide bonds. The molecule has 4 saturated heterocycles. The second kappa shape index (κ2) is 6.12. The van der Waals surface area contributed by atoms with Crippen molar-refractivity contribution in [3.63, 3.8) is 0 Å². The molecule has 27 heavy (non-hydrogen) atoms. The van der Waals surface area contributed by atoms with E-state index in [1.54, 1.807) is 0 Å². The lowest BCUT2D eigenvalue weighted by Crippen LogP contribution is -2.60. The number of nitrogen functional groups attached to an aromatic ring is 1. The van der Waals surface area contributed by atoms with Crippen LogP contribution in [0.15, 0.2) is 24.3 Å². The highest BCUT2D eigenvalue weighted by molar-refractivity contribution is 5.49. The van der Waals surface area contributed by atoms with Gasteiger partial charge in [-0.1, -0.05) is 0 Å². The first-order valence-electron chi connectivity index (χ1n) is 9.57. The molecule has 0 spiro atoms. The van der Waals surface area contributed by atoms with Gasteiger partial charge in [-0.2, -0.15) is 4.98 Å². The van der Waals surface area contributed by atoms with Crippen LogP contribution in [0, 0.1) is 24.5 Å². The number of halogens is 2. The van der Waals surface area contributed by atoms with E-state index in [0.29, 0.717) is 12.5 Å². The van der Waals surface area contributed by atoms with Crippen molar-refractivity contribution < 1.29 is 8.78 Å². The van der Waals surface area contributed by atoms with Gasteiger partial charge in [0.25, 0.3) is 0 Å². The van der Waals surface area contributed by atoms with Crippen molar-refractivity contribution in [3.05, 3.63) is 47.2 Å². The highest BCUT2D eigenvalue weighted by atomic mass is 19.1. The SMILES string of the molecule is Cc1cc(N2C[C@@H](c3cc(F)cc(F)c3)[C@@H]3[C@H]2C2CCN3CC2)nc(N)n1. The standard InChI is InChI=1S/C20H23F2N5/c1-11-6-17(25-20(23)24-11)27-10-16(13-7-14(21)9-15(22)8-13)19-18(27)12-2-4-26(19)5-3-12/h6-9,12,16,18-19H,2-5,10H2,1H3,(H2,23,24,25)/t16-,18+,19+/m0/s1. The predicted octanol–water partition coefficient (Wildman–Crippen LogP) is 2.71. The number of piperidine rings is 3. The zero-order chi connectivity index (χ0) is 18.7. The van der Waals surface area contributed by atoms with Gasteiger partial charge in [0, 0.05) is 42.4 Å². The lowest BCUT2D eigenvalue weighted by Gasteiger charge is -2.51. The van der Waals surface area contributed by atoms with Gasteiger partial charge in [-0.05, 0) is 56.5 Å². The van der Waals surface area contributed by atoms with Crippen LogP contribution in [-0.2, 0) is 0 Å². The number of hydrogen-bond donors (Lipinski definition) is 1. The number of anilines is 2. The van der Waals surface area contributed by atoms with E-state index < -0.39 is 11.6 Å². The van der Waals surface area contributed by atoms with Gasteiger partial charge in [-0.25, -0.2) is 13.8 Å². The molecule has 4 aliphatic rings. The second-order valence-corrected chi connectivity index (χ2v) is 8.04. The van der Waals surface area contributed by atoms with Crippen molar-refractivity contribution in [1.29, 1.82) is 0 Å². The number of hydrogen-bond acceptors (Lipinski definition) is 5. The van der Waals surface area contributed by atoms with E-state index in [2.05, 4.69) is 19.8 Å². The molecule has 7 heteroatoms. The normalized spacial score (nSPS) is 32.0. The minimum atomic E-state index is -0.516. The topological polar surface area (TPSA) is 58.3 Å². The summed E-state index contributed by atoms with van der Waals surface area (Å²) in [7, 11) is 0. The third-order valence-electron chi connectivity index (χ3n) is 6.46. The van der Waals surface area contributed by atoms with Crippen LogP contribution < -0.4 is 10.6 Å². The van der Waals surface area contributed by atoms with E-state index in [1.807, 2.05) is 13.0 Å². The molecule has 2 bridgehead atoms. The van der Waals surface area contributed by atoms with E-state index >= 15 is 0 Å². The van der Waals surface area contributed by atoms with E-state index in [9.17, 15) is 8.78 Å². The van der Waals surface area contributed by atoms with Gasteiger partial charge in [0.2, 0.25) is 5.95 Å². The Balaban J connectivity index is 1.59. The summed E-state index contributed by atoms with van der Waals surface area (Å²) in [5.41, 5.74) is 7.46. The van der Waals surface area contributed by atoms with Gasteiger partial charge in [0.15, 0.2) is 0 Å². The van der Waals surface area contributed by atoms with Crippen LogP contribution in [0.5, 0.6) is 0 Å². The van der Waals surface area contributed by atoms with Crippen molar-refractivity contribution in [2.45, 2.75) is 37.8 Å². The Morgan fingerprint density at radius 3 is 2.37 bits per heavy atom. The highest BCUT2D eigenvalue weighted by Crippen LogP contribution is 2.47. The quantitative estimate of drug-likeness (QED) is 0.880. The van der Waals surface area contributed by atoms with E-state index in [-0.39, 0.29) is 23.9 Å². The summed E-state index contributed by atoms with van der Waals surface area (Å²) < 4.78 is 27.8. The molecular formula is C20H23F2N5. The monoisotopic (exact) mass is 371 g/mol. The van der Waals surface area contributed by atoms with Gasteiger partial charge in [0.1, 0.15) is 17.5 Å². The number of nitrogens with two attached hydrogens (primary N) is 1. The third kappa shape index (κ3) is 2.76. The number of aromatic nitrogens is 2. The zero-order valence-electron chi connectivity index (χ0n) is 15.3. The molecule has 0 radical (unpaired) electrons. The van der Waals surface area contributed by atoms with Crippen LogP contribution in [0.4, 0.5) is 20.5 Å². The molecule has 0 unspecified atom stereocenters. The zero-order valence-corrected chi connectivity index (χ0v) is 15.3. The Morgan fingerprint density at radius 2 is 1.70 bits per heavy atom. The summed E-state index contributed by atoms with van der Waals surface area (Å²) in [5, 5.41) is 0. The Hall–Kier alpha value is -2.28. The molecule has 4 aliphatic heterocycles. The van der Waals surface area contributed by atoms with Crippen LogP contribution in [0.25, 0.3) is 0 Å². The second-order valence-electron chi connectivity index (χ2n) is 8.04. The van der Waals surface area contributed by atoms with Gasteiger partial charge >= 0.3 is 0 Å². The number of aryl methyl sites for hydroxylation is 1. The Morgan fingerprint density at radius 1 is 1.00 bits per heavy atom. The third-order valence-corrected chi connectivity index (χ3v) is 6.46. The molecular weight excluding hydrogens is 348 g/mol. The smallest absolute Gasteiger partial charge is 0.222 e. The minimum Gasteiger partial charge on any atom is -0.368 e. The Bertz CT molecular complexity index is 769. The maximum absolute atomic E-state index is 13.9. The molecule has 6 rings (SSSR count). The summed E-state index contributed by atoms with van der Waals surface area (Å²) in [4.78, 5) is 13.5. The molecule has 2 aromatic rings. The van der Waals surface area contributed by atoms with E-state index in [4.69, 9.17) is 5.73 Å². The molecule has 1 aromatic heterocycles. The molecule has 3 atom stereocenters. The molecule has 1 aromatic carbocycles. The fourth-order valence-electron chi connectivity index (χ4n) is 5.49. The van der Waals surface area contributed by atoms with Crippen LogP contribution in [0.3, 0.4) is 0 Å². The average molecular weight is 371 g/mol. The number of benzene rings is 1. The summed E-state index contributed by atoms with van der Waals surface area (Å²) in [6, 6.07) is 6.40. The molecule has 142 valence electrons. The van der Waals surface area contributed by atoms with Crippen LogP contribution >= 0.6 is 0 Å². The number of rotatable bonds is 2. The van der Waals surface area contributed by atoms with Gasteiger partial charge in [-0.3, -0.25) is 4.90 Å². The molecule has 0 saturated carbocycles. The van der Waals surface area contributed by atoms with Crippen molar-refractivity contribution in [1.82, 2.24) is 14.9 Å². The summed E-state index contributed by atoms with van der Waals surface area (Å²) >= 11 is 0. The molecule has 0 aliphatic carbocycles. The first-order valence-corrected chi connectivity index (χ1v) is 9.57. The first-order chi connectivity index (χ1) is 13.0. The highest BCUT2D eigenvalue weighted by Gasteiger charge is 2.53. The van der Waals surface area contributed by atoms with Crippen molar-refractivity contribution in [2.24, 2.45) is 5.92 Å². The van der Waals surface area contributed by atoms with Crippen molar-refractivity contribution >= 4 is 11.8 Å². The van der Waals surface area contributed by atoms with E-state index in [0.717, 1.165) is 49.1 Å². The fourth-order valence-corrected chi connectivity index (χ4v) is 5.49. The summed E-state index contributed by atoms with van der Waals surface area (Å²) in [5.74, 6) is 0.669. The first kappa shape index (κ1) is 16.9. The maximum Gasteiger partial charge on any atom is 0.222 e. The van der Waals surface area contributed by atoms with Crippen molar-refractivity contribution in [2.75, 3.05) is 30.3 Å². The summed E-state index contributed by atoms with van der Waals surface area (Å²) in [6.45, 7) is 4.70. The summed E-state index contributed by atoms with van der Waals surface area (Å²) in [6.07, 6.45) is 2.31. The predicted molar refractivity (Wildman–Crippen MR) is 99.5 cm³/mol. The van der Waals surface area contributed by atoms with Crippen molar-refractivity contribution in [3.8, 4) is 0 Å². The Kier molecular flexibility index (Phi) is 3.82. The fraction of sp³-hybridized carbons (Fsp3) is 0.500. The Labute approximate surface area is 157 Å². The lowest BCUT2D eigenvalue weighted by molar-refractivity contribution is 0.0354. The van der Waals surface area contributed by atoms with Crippen LogP contribution in [-0.4, -0.2) is 46.6 Å². The molecule has 5 heterocycles.